The third-order valence-corrected chi connectivity index (χ3v) is 0.341. The van der Waals surface area contributed by atoms with Crippen LogP contribution in [0.2, 0.25) is 0 Å². The molecule has 5 nitrogen and oxygen atoms in total. The van der Waals surface area contributed by atoms with Gasteiger partial charge in [0.15, 0.2) is 0 Å². The maximum Gasteiger partial charge on any atom is 2.00 e. The summed E-state index contributed by atoms with van der Waals surface area (Å²) in [5.74, 6) is -1.44. The van der Waals surface area contributed by atoms with E-state index in [9.17, 15) is 9.90 Å². The average Bonchev–Trinajstić information content (AvgIpc) is 1.36. The molecule has 0 aromatic carbocycles. The van der Waals surface area contributed by atoms with Gasteiger partial charge in [-0.1, -0.05) is 0 Å². The van der Waals surface area contributed by atoms with Gasteiger partial charge in [0.1, 0.15) is 0 Å². The maximum atomic E-state index is 9.34. The van der Waals surface area contributed by atoms with Gasteiger partial charge in [0, 0.05) is 0 Å². The maximum absolute atomic E-state index is 9.34. The minimum Gasteiger partial charge on any atom is -0.547 e. The van der Waals surface area contributed by atoms with Crippen LogP contribution in [0, 0.1) is 0 Å². The molecule has 6 heteroatoms. The molecular weight excluding hydrogens is 156 g/mol. The van der Waals surface area contributed by atoms with Crippen LogP contribution < -0.4 is 5.11 Å². The Bertz CT molecular complexity index is 63.2. The van der Waals surface area contributed by atoms with Gasteiger partial charge in [-0.05, 0) is 6.92 Å². The molecule has 0 rings (SSSR count). The number of rotatable bonds is 1. The molecule has 0 aromatic rings. The van der Waals surface area contributed by atoms with Crippen LogP contribution in [0.3, 0.4) is 0 Å². The molecule has 0 aliphatic rings. The zero-order chi connectivity index (χ0) is 5.15. The smallest absolute Gasteiger partial charge is 0.547 e. The van der Waals surface area contributed by atoms with Crippen LogP contribution in [0.1, 0.15) is 6.92 Å². The Kier molecular flexibility index (Phi) is 28.7. The zero-order valence-corrected chi connectivity index (χ0v) is 7.26. The fraction of sp³-hybridized carbons (Fsp3) is 0.667. The van der Waals surface area contributed by atoms with Crippen LogP contribution in [-0.2, 0) is 4.79 Å². The number of hydrogen-bond donors (Lipinski definition) is 1. The third-order valence-electron chi connectivity index (χ3n) is 0.341. The summed E-state index contributed by atoms with van der Waals surface area (Å²) in [5.41, 5.74) is 0. The van der Waals surface area contributed by atoms with Gasteiger partial charge in [0.2, 0.25) is 0 Å². The minimum atomic E-state index is -1.44. The standard InChI is InChI=1S/C3H6O3.Ca.2H2O/c1-2(4)3(5)6;;;/h2,4H,1H3,(H,5,6);;2*1H2/q;+2;;/p-1. The van der Waals surface area contributed by atoms with E-state index in [0.717, 1.165) is 6.92 Å². The first kappa shape index (κ1) is 22.6. The average molecular weight is 165 g/mol. The first-order valence-corrected chi connectivity index (χ1v) is 1.53. The van der Waals surface area contributed by atoms with Gasteiger partial charge in [-0.2, -0.15) is 0 Å². The second-order valence-corrected chi connectivity index (χ2v) is 0.995. The molecule has 0 amide bonds. The summed E-state index contributed by atoms with van der Waals surface area (Å²) >= 11 is 0. The fourth-order valence-electron chi connectivity index (χ4n) is 0. The van der Waals surface area contributed by atoms with Crippen molar-refractivity contribution in [3.63, 3.8) is 0 Å². The summed E-state index contributed by atoms with van der Waals surface area (Å²) in [7, 11) is 0. The summed E-state index contributed by atoms with van der Waals surface area (Å²) in [6, 6.07) is 0. The van der Waals surface area contributed by atoms with E-state index in [-0.39, 0.29) is 48.7 Å². The Balaban J connectivity index is -0.0000000417. The molecule has 1 atom stereocenters. The molecule has 0 spiro atoms. The molecule has 0 aliphatic heterocycles. The number of aliphatic hydroxyl groups is 1. The van der Waals surface area contributed by atoms with Crippen LogP contribution in [0.25, 0.3) is 0 Å². The summed E-state index contributed by atoms with van der Waals surface area (Å²) < 4.78 is 0. The predicted octanol–water partition coefficient (Wildman–Crippen LogP) is -3.91. The number of carboxylic acid groups (broad SMARTS) is 1. The molecule has 0 aromatic heterocycles. The number of carbonyl (C=O) groups is 1. The van der Waals surface area contributed by atoms with Crippen LogP contribution in [0.15, 0.2) is 0 Å². The number of carboxylic acids is 1. The molecule has 0 saturated carbocycles. The molecular formula is C3H9CaO5+. The molecule has 0 aliphatic carbocycles. The van der Waals surface area contributed by atoms with Crippen molar-refractivity contribution in [2.75, 3.05) is 0 Å². The molecule has 0 fully saturated rings. The van der Waals surface area contributed by atoms with E-state index < -0.39 is 12.1 Å². The molecule has 9 heavy (non-hydrogen) atoms. The van der Waals surface area contributed by atoms with Gasteiger partial charge < -0.3 is 26.0 Å². The summed E-state index contributed by atoms with van der Waals surface area (Å²) in [5, 5.41) is 17.3. The third kappa shape index (κ3) is 17.7. The molecule has 0 heterocycles. The SMILES string of the molecule is CC(O)C(=O)[O-].O.O.[Ca+2]. The van der Waals surface area contributed by atoms with E-state index in [1.165, 1.54) is 0 Å². The van der Waals surface area contributed by atoms with E-state index in [1.807, 2.05) is 0 Å². The van der Waals surface area contributed by atoms with Gasteiger partial charge in [0.05, 0.1) is 12.1 Å². The van der Waals surface area contributed by atoms with Crippen LogP contribution in [-0.4, -0.2) is 65.9 Å². The number of hydrogen-bond acceptors (Lipinski definition) is 3. The van der Waals surface area contributed by atoms with Gasteiger partial charge in [-0.25, -0.2) is 0 Å². The molecule has 52 valence electrons. The van der Waals surface area contributed by atoms with Crippen molar-refractivity contribution < 1.29 is 26.0 Å². The normalized spacial score (nSPS) is 9.11. The Morgan fingerprint density at radius 1 is 1.56 bits per heavy atom. The largest absolute Gasteiger partial charge is 2.00 e. The summed E-state index contributed by atoms with van der Waals surface area (Å²) in [6.45, 7) is 1.13. The molecule has 0 saturated heterocycles. The van der Waals surface area contributed by atoms with Gasteiger partial charge >= 0.3 is 37.7 Å². The quantitative estimate of drug-likeness (QED) is 0.399. The minimum absolute atomic E-state index is 0. The zero-order valence-electron chi connectivity index (χ0n) is 5.05. The Morgan fingerprint density at radius 2 is 1.67 bits per heavy atom. The molecule has 0 radical (unpaired) electrons. The monoisotopic (exact) mass is 165 g/mol. The van der Waals surface area contributed by atoms with Gasteiger partial charge in [-0.15, -0.1) is 0 Å². The van der Waals surface area contributed by atoms with Crippen LogP contribution in [0.4, 0.5) is 0 Å². The van der Waals surface area contributed by atoms with Gasteiger partial charge in [-0.3, -0.25) is 0 Å². The summed E-state index contributed by atoms with van der Waals surface area (Å²) in [6.07, 6.45) is -1.34. The van der Waals surface area contributed by atoms with Crippen molar-refractivity contribution in [3.8, 4) is 0 Å². The van der Waals surface area contributed by atoms with Crippen molar-refractivity contribution in [2.45, 2.75) is 13.0 Å². The first-order chi connectivity index (χ1) is 2.64. The van der Waals surface area contributed by atoms with E-state index in [1.54, 1.807) is 0 Å². The second-order valence-electron chi connectivity index (χ2n) is 0.995. The van der Waals surface area contributed by atoms with Crippen molar-refractivity contribution in [1.82, 2.24) is 0 Å². The number of aliphatic hydroxyl groups excluding tert-OH is 1. The van der Waals surface area contributed by atoms with E-state index in [4.69, 9.17) is 5.11 Å². The van der Waals surface area contributed by atoms with Crippen molar-refractivity contribution in [1.29, 1.82) is 0 Å². The Labute approximate surface area is 82.3 Å². The van der Waals surface area contributed by atoms with Crippen molar-refractivity contribution in [3.05, 3.63) is 0 Å². The van der Waals surface area contributed by atoms with Crippen molar-refractivity contribution in [2.24, 2.45) is 0 Å². The van der Waals surface area contributed by atoms with Crippen molar-refractivity contribution >= 4 is 43.7 Å². The molecule has 5 N–H and O–H groups in total. The predicted molar refractivity (Wildman–Crippen MR) is 29.7 cm³/mol. The first-order valence-electron chi connectivity index (χ1n) is 1.53. The van der Waals surface area contributed by atoms with E-state index >= 15 is 0 Å². The Morgan fingerprint density at radius 3 is 1.67 bits per heavy atom. The summed E-state index contributed by atoms with van der Waals surface area (Å²) in [4.78, 5) is 9.34. The molecule has 1 unspecified atom stereocenters. The van der Waals surface area contributed by atoms with E-state index in [2.05, 4.69) is 0 Å². The second kappa shape index (κ2) is 11.4. The van der Waals surface area contributed by atoms with Crippen LogP contribution in [0.5, 0.6) is 0 Å². The van der Waals surface area contributed by atoms with Crippen LogP contribution >= 0.6 is 0 Å². The van der Waals surface area contributed by atoms with E-state index in [0.29, 0.717) is 0 Å². The topological polar surface area (TPSA) is 123 Å². The Hall–Kier alpha value is 0.610. The van der Waals surface area contributed by atoms with Gasteiger partial charge in [0.25, 0.3) is 0 Å². The number of carbonyl (C=O) groups excluding carboxylic acids is 1. The number of aliphatic carboxylic acids is 1. The molecule has 0 bridgehead atoms. The fourth-order valence-corrected chi connectivity index (χ4v) is 0.